The van der Waals surface area contributed by atoms with Gasteiger partial charge in [-0.2, -0.15) is 0 Å². The van der Waals surface area contributed by atoms with Gasteiger partial charge in [0.2, 0.25) is 11.8 Å². The van der Waals surface area contributed by atoms with Crippen molar-refractivity contribution in [3.63, 3.8) is 0 Å². The number of primary amides is 1. The lowest BCUT2D eigenvalue weighted by atomic mass is 10.3. The summed E-state index contributed by atoms with van der Waals surface area (Å²) in [6, 6.07) is -1.55. The molecule has 0 spiro atoms. The van der Waals surface area contributed by atoms with Crippen molar-refractivity contribution >= 4 is 17.8 Å². The van der Waals surface area contributed by atoms with Gasteiger partial charge in [-0.25, -0.2) is 4.79 Å². The normalized spacial score (nSPS) is 18.7. The van der Waals surface area contributed by atoms with Crippen LogP contribution in [0.25, 0.3) is 0 Å². The molecule has 0 aromatic heterocycles. The van der Waals surface area contributed by atoms with E-state index in [1.807, 2.05) is 0 Å². The molecule has 1 aliphatic heterocycles. The van der Waals surface area contributed by atoms with E-state index in [1.54, 1.807) is 0 Å². The summed E-state index contributed by atoms with van der Waals surface area (Å²) in [5.41, 5.74) is 10.1. The van der Waals surface area contributed by atoms with Crippen LogP contribution >= 0.6 is 0 Å². The summed E-state index contributed by atoms with van der Waals surface area (Å²) >= 11 is 0. The molecule has 1 aliphatic rings. The number of hydrogen-bond acceptors (Lipinski definition) is 4. The molecule has 13 heavy (non-hydrogen) atoms. The van der Waals surface area contributed by atoms with Gasteiger partial charge in [0.05, 0.1) is 13.1 Å². The fraction of sp³-hybridized carbons (Fsp3) is 0.500. The number of carbonyl (C=O) groups is 3. The predicted octanol–water partition coefficient (Wildman–Crippen LogP) is -2.65. The number of nitrogens with one attached hydrogen (secondary N) is 1. The van der Waals surface area contributed by atoms with E-state index in [9.17, 15) is 14.4 Å². The summed E-state index contributed by atoms with van der Waals surface area (Å²) in [5, 5.41) is 2.29. The molecule has 5 N–H and O–H groups in total. The predicted molar refractivity (Wildman–Crippen MR) is 42.3 cm³/mol. The molecule has 0 aromatic carbocycles. The molecule has 1 heterocycles. The van der Waals surface area contributed by atoms with Gasteiger partial charge in [-0.1, -0.05) is 0 Å². The smallest absolute Gasteiger partial charge is 0.324 e. The van der Waals surface area contributed by atoms with Gasteiger partial charge in [0.25, 0.3) is 0 Å². The molecule has 0 aromatic rings. The van der Waals surface area contributed by atoms with E-state index >= 15 is 0 Å². The van der Waals surface area contributed by atoms with Crippen molar-refractivity contribution in [2.45, 2.75) is 6.04 Å². The number of urea groups is 1. The Kier molecular flexibility index (Phi) is 2.47. The molecule has 1 atom stereocenters. The minimum Gasteiger partial charge on any atom is -0.368 e. The number of carbonyl (C=O) groups excluding carboxylic acids is 3. The Balaban J connectivity index is 2.57. The molecule has 0 saturated carbocycles. The number of imide groups is 1. The maximum Gasteiger partial charge on any atom is 0.324 e. The molecule has 1 unspecified atom stereocenters. The number of amides is 4. The average Bonchev–Trinajstić information content (AvgIpc) is 2.35. The fourth-order valence-electron chi connectivity index (χ4n) is 0.927. The minimum absolute atomic E-state index is 0.0513. The Bertz CT molecular complexity index is 249. The molecular formula is C6H10N4O3. The maximum absolute atomic E-state index is 11.0. The summed E-state index contributed by atoms with van der Waals surface area (Å²) in [7, 11) is 0. The zero-order valence-electron chi connectivity index (χ0n) is 6.82. The van der Waals surface area contributed by atoms with Crippen LogP contribution in [0.4, 0.5) is 4.79 Å². The monoisotopic (exact) mass is 186 g/mol. The zero-order chi connectivity index (χ0) is 10.0. The molecule has 0 bridgehead atoms. The molecule has 0 radical (unpaired) electrons. The van der Waals surface area contributed by atoms with Crippen LogP contribution in [-0.2, 0) is 9.59 Å². The van der Waals surface area contributed by atoms with E-state index < -0.39 is 23.9 Å². The van der Waals surface area contributed by atoms with Crippen LogP contribution < -0.4 is 16.8 Å². The lowest BCUT2D eigenvalue weighted by Crippen LogP contribution is -2.48. The third-order valence-electron chi connectivity index (χ3n) is 1.68. The Morgan fingerprint density at radius 1 is 1.62 bits per heavy atom. The Morgan fingerprint density at radius 3 is 2.62 bits per heavy atom. The van der Waals surface area contributed by atoms with Crippen LogP contribution in [0.3, 0.4) is 0 Å². The highest BCUT2D eigenvalue weighted by Crippen LogP contribution is 1.99. The first-order valence-electron chi connectivity index (χ1n) is 3.65. The van der Waals surface area contributed by atoms with Crippen LogP contribution in [-0.4, -0.2) is 41.9 Å². The zero-order valence-corrected chi connectivity index (χ0v) is 6.82. The highest BCUT2D eigenvalue weighted by molar-refractivity contribution is 6.02. The number of nitrogens with two attached hydrogens (primary N) is 2. The summed E-state index contributed by atoms with van der Waals surface area (Å²) in [6.07, 6.45) is 0. The van der Waals surface area contributed by atoms with Crippen LogP contribution in [0.2, 0.25) is 0 Å². The first-order valence-corrected chi connectivity index (χ1v) is 3.65. The molecule has 7 nitrogen and oxygen atoms in total. The molecule has 7 heteroatoms. The highest BCUT2D eigenvalue weighted by atomic mass is 16.2. The minimum atomic E-state index is -1.01. The quantitative estimate of drug-likeness (QED) is 0.417. The molecule has 1 fully saturated rings. The van der Waals surface area contributed by atoms with Crippen molar-refractivity contribution < 1.29 is 14.4 Å². The van der Waals surface area contributed by atoms with Gasteiger partial charge >= 0.3 is 6.03 Å². The maximum atomic E-state index is 11.0. The van der Waals surface area contributed by atoms with E-state index in [2.05, 4.69) is 5.32 Å². The van der Waals surface area contributed by atoms with Crippen molar-refractivity contribution in [3.8, 4) is 0 Å². The summed E-state index contributed by atoms with van der Waals surface area (Å²) in [6.45, 7) is -0.218. The second-order valence-electron chi connectivity index (χ2n) is 2.67. The molecule has 1 rings (SSSR count). The first-order chi connectivity index (χ1) is 6.02. The number of rotatable bonds is 3. The molecule has 1 saturated heterocycles. The van der Waals surface area contributed by atoms with Crippen molar-refractivity contribution in [3.05, 3.63) is 0 Å². The molecule has 0 aliphatic carbocycles. The second kappa shape index (κ2) is 3.40. The van der Waals surface area contributed by atoms with E-state index in [-0.39, 0.29) is 13.1 Å². The topological polar surface area (TPSA) is 119 Å². The Hall–Kier alpha value is -1.63. The molecule has 72 valence electrons. The van der Waals surface area contributed by atoms with Gasteiger partial charge in [0.1, 0.15) is 6.04 Å². The van der Waals surface area contributed by atoms with Crippen LogP contribution in [0, 0.1) is 0 Å². The van der Waals surface area contributed by atoms with Crippen LogP contribution in [0.1, 0.15) is 0 Å². The average molecular weight is 186 g/mol. The number of hydrogen-bond donors (Lipinski definition) is 3. The Labute approximate surface area is 74.0 Å². The van der Waals surface area contributed by atoms with E-state index in [0.29, 0.717) is 0 Å². The molecular weight excluding hydrogens is 176 g/mol. The van der Waals surface area contributed by atoms with E-state index in [1.165, 1.54) is 0 Å². The second-order valence-corrected chi connectivity index (χ2v) is 2.67. The third kappa shape index (κ3) is 1.94. The lowest BCUT2D eigenvalue weighted by molar-refractivity contribution is -0.126. The third-order valence-corrected chi connectivity index (χ3v) is 1.68. The van der Waals surface area contributed by atoms with Crippen LogP contribution in [0.5, 0.6) is 0 Å². The summed E-state index contributed by atoms with van der Waals surface area (Å²) < 4.78 is 0. The van der Waals surface area contributed by atoms with Crippen LogP contribution in [0.15, 0.2) is 0 Å². The van der Waals surface area contributed by atoms with Gasteiger partial charge in [0.15, 0.2) is 0 Å². The largest absolute Gasteiger partial charge is 0.368 e. The van der Waals surface area contributed by atoms with Crippen molar-refractivity contribution in [1.82, 2.24) is 10.2 Å². The first kappa shape index (κ1) is 9.46. The summed E-state index contributed by atoms with van der Waals surface area (Å²) in [4.78, 5) is 33.3. The summed E-state index contributed by atoms with van der Waals surface area (Å²) in [5.74, 6) is -1.14. The SMILES string of the molecule is NC(=O)C(N)CN1C(=O)CNC1=O. The van der Waals surface area contributed by atoms with E-state index in [4.69, 9.17) is 11.5 Å². The number of nitrogens with zero attached hydrogens (tertiary/aromatic N) is 1. The Morgan fingerprint density at radius 2 is 2.23 bits per heavy atom. The standard InChI is InChI=1S/C6H10N4O3/c7-3(5(8)12)2-10-4(11)1-9-6(10)13/h3H,1-2,7H2,(H2,8,12)(H,9,13). The van der Waals surface area contributed by atoms with Crippen molar-refractivity contribution in [1.29, 1.82) is 0 Å². The van der Waals surface area contributed by atoms with Crippen molar-refractivity contribution in [2.75, 3.05) is 13.1 Å². The van der Waals surface area contributed by atoms with Gasteiger partial charge in [0, 0.05) is 0 Å². The highest BCUT2D eigenvalue weighted by Gasteiger charge is 2.30. The van der Waals surface area contributed by atoms with Gasteiger partial charge in [-0.05, 0) is 0 Å². The van der Waals surface area contributed by atoms with Crippen molar-refractivity contribution in [2.24, 2.45) is 11.5 Å². The van der Waals surface area contributed by atoms with Gasteiger partial charge in [-0.15, -0.1) is 0 Å². The fourth-order valence-corrected chi connectivity index (χ4v) is 0.927. The van der Waals surface area contributed by atoms with Gasteiger partial charge < -0.3 is 16.8 Å². The van der Waals surface area contributed by atoms with E-state index in [0.717, 1.165) is 4.90 Å². The van der Waals surface area contributed by atoms with Gasteiger partial charge in [-0.3, -0.25) is 14.5 Å². The molecule has 4 amide bonds. The lowest BCUT2D eigenvalue weighted by Gasteiger charge is -2.15.